The molecule has 5 nitrogen and oxygen atoms in total. The molecule has 5 heteroatoms. The molecule has 0 aromatic carbocycles. The summed E-state index contributed by atoms with van der Waals surface area (Å²) in [6.07, 6.45) is 6.42. The predicted octanol–water partition coefficient (Wildman–Crippen LogP) is 1.78. The highest BCUT2D eigenvalue weighted by atomic mass is 16.4. The number of carboxylic acid groups (broad SMARTS) is 1. The van der Waals surface area contributed by atoms with Crippen LogP contribution in [0.25, 0.3) is 0 Å². The summed E-state index contributed by atoms with van der Waals surface area (Å²) in [5, 5.41) is 18.5. The zero-order valence-electron chi connectivity index (χ0n) is 11.7. The first-order chi connectivity index (χ1) is 9.06. The van der Waals surface area contributed by atoms with Gasteiger partial charge in [-0.05, 0) is 6.42 Å². The molecule has 0 spiro atoms. The molecule has 110 valence electrons. The average Bonchev–Trinajstić information content (AvgIpc) is 2.76. The van der Waals surface area contributed by atoms with E-state index in [9.17, 15) is 14.7 Å². The van der Waals surface area contributed by atoms with E-state index in [1.165, 1.54) is 24.2 Å². The van der Waals surface area contributed by atoms with Crippen LogP contribution in [0.3, 0.4) is 0 Å². The Balaban J connectivity index is 2.26. The number of carboxylic acids is 1. The summed E-state index contributed by atoms with van der Waals surface area (Å²) >= 11 is 0. The van der Waals surface area contributed by atoms with Crippen LogP contribution in [0, 0.1) is 0 Å². The molecule has 0 aliphatic carbocycles. The van der Waals surface area contributed by atoms with Crippen LogP contribution in [0.2, 0.25) is 0 Å². The second-order valence-corrected chi connectivity index (χ2v) is 5.31. The first-order valence-corrected chi connectivity index (χ1v) is 7.26. The highest BCUT2D eigenvalue weighted by molar-refractivity contribution is 5.84. The van der Waals surface area contributed by atoms with Crippen molar-refractivity contribution in [3.8, 4) is 0 Å². The minimum Gasteiger partial charge on any atom is -0.480 e. The van der Waals surface area contributed by atoms with Crippen molar-refractivity contribution in [1.29, 1.82) is 0 Å². The minimum absolute atomic E-state index is 0.139. The van der Waals surface area contributed by atoms with Gasteiger partial charge in [-0.15, -0.1) is 0 Å². The summed E-state index contributed by atoms with van der Waals surface area (Å²) in [5.74, 6) is -1.16. The summed E-state index contributed by atoms with van der Waals surface area (Å²) in [6, 6.07) is -0.845. The molecule has 0 bridgehead atoms. The van der Waals surface area contributed by atoms with Gasteiger partial charge in [0.1, 0.15) is 6.04 Å². The van der Waals surface area contributed by atoms with Crippen LogP contribution in [-0.4, -0.2) is 45.7 Å². The van der Waals surface area contributed by atoms with Gasteiger partial charge in [0.05, 0.1) is 6.10 Å². The number of carbonyl (C=O) groups is 2. The highest BCUT2D eigenvalue weighted by Gasteiger charge is 2.38. The zero-order chi connectivity index (χ0) is 14.3. The minimum atomic E-state index is -1.02. The van der Waals surface area contributed by atoms with E-state index in [0.29, 0.717) is 6.42 Å². The molecular formula is C14H25NO4. The van der Waals surface area contributed by atoms with E-state index in [1.54, 1.807) is 0 Å². The van der Waals surface area contributed by atoms with Gasteiger partial charge >= 0.3 is 5.97 Å². The maximum absolute atomic E-state index is 11.9. The Morgan fingerprint density at radius 3 is 2.42 bits per heavy atom. The molecule has 0 saturated carbocycles. The number of aliphatic hydroxyl groups excluding tert-OH is 1. The summed E-state index contributed by atoms with van der Waals surface area (Å²) in [6.45, 7) is 2.32. The lowest BCUT2D eigenvalue weighted by Gasteiger charge is -2.21. The van der Waals surface area contributed by atoms with Gasteiger partial charge in [0.15, 0.2) is 0 Å². The van der Waals surface area contributed by atoms with Crippen molar-refractivity contribution < 1.29 is 19.8 Å². The quantitative estimate of drug-likeness (QED) is 0.660. The third kappa shape index (κ3) is 5.19. The number of rotatable bonds is 8. The number of hydrogen-bond donors (Lipinski definition) is 2. The summed E-state index contributed by atoms with van der Waals surface area (Å²) < 4.78 is 0. The first-order valence-electron chi connectivity index (χ1n) is 7.26. The van der Waals surface area contributed by atoms with Crippen molar-refractivity contribution in [2.45, 2.75) is 70.4 Å². The van der Waals surface area contributed by atoms with Gasteiger partial charge in [-0.2, -0.15) is 0 Å². The van der Waals surface area contributed by atoms with Crippen molar-refractivity contribution in [2.24, 2.45) is 0 Å². The van der Waals surface area contributed by atoms with Gasteiger partial charge in [-0.3, -0.25) is 4.79 Å². The molecule has 1 aliphatic rings. The number of likely N-dealkylation sites (tertiary alicyclic amines) is 1. The lowest BCUT2D eigenvalue weighted by molar-refractivity contribution is -0.148. The standard InChI is InChI=1S/C14H25NO4/c1-2-3-4-5-6-7-8-13(17)15-10-11(16)9-12(15)14(18)19/h11-12,16H,2-10H2,1H3,(H,18,19)/t11?,12-/m0/s1. The molecule has 0 aromatic heterocycles. The molecule has 19 heavy (non-hydrogen) atoms. The van der Waals surface area contributed by atoms with Crippen molar-refractivity contribution >= 4 is 11.9 Å². The van der Waals surface area contributed by atoms with Crippen LogP contribution < -0.4 is 0 Å². The van der Waals surface area contributed by atoms with Crippen molar-refractivity contribution in [3.05, 3.63) is 0 Å². The van der Waals surface area contributed by atoms with Gasteiger partial charge in [0, 0.05) is 19.4 Å². The molecule has 1 fully saturated rings. The third-order valence-corrected chi connectivity index (χ3v) is 3.63. The van der Waals surface area contributed by atoms with E-state index >= 15 is 0 Å². The second kappa shape index (κ2) is 8.15. The summed E-state index contributed by atoms with van der Waals surface area (Å²) in [4.78, 5) is 24.3. The predicted molar refractivity (Wildman–Crippen MR) is 71.8 cm³/mol. The Kier molecular flexibility index (Phi) is 6.84. The smallest absolute Gasteiger partial charge is 0.326 e. The first kappa shape index (κ1) is 16.0. The SMILES string of the molecule is CCCCCCCCC(=O)N1CC(O)C[C@H]1C(=O)O. The van der Waals surface area contributed by atoms with E-state index in [-0.39, 0.29) is 18.9 Å². The number of nitrogens with zero attached hydrogens (tertiary/aromatic N) is 1. The molecule has 0 aromatic rings. The van der Waals surface area contributed by atoms with E-state index in [1.807, 2.05) is 0 Å². The van der Waals surface area contributed by atoms with E-state index in [4.69, 9.17) is 5.11 Å². The topological polar surface area (TPSA) is 77.8 Å². The van der Waals surface area contributed by atoms with Gasteiger partial charge in [0.25, 0.3) is 0 Å². The van der Waals surface area contributed by atoms with Gasteiger partial charge < -0.3 is 15.1 Å². The van der Waals surface area contributed by atoms with Crippen LogP contribution in [0.5, 0.6) is 0 Å². The number of amides is 1. The van der Waals surface area contributed by atoms with Gasteiger partial charge in [0.2, 0.25) is 5.91 Å². The van der Waals surface area contributed by atoms with Crippen LogP contribution in [-0.2, 0) is 9.59 Å². The van der Waals surface area contributed by atoms with Gasteiger partial charge in [-0.1, -0.05) is 39.0 Å². The largest absolute Gasteiger partial charge is 0.480 e. The normalized spacial score (nSPS) is 22.7. The molecule has 1 heterocycles. The average molecular weight is 271 g/mol. The summed E-state index contributed by atoms with van der Waals surface area (Å²) in [5.41, 5.74) is 0. The third-order valence-electron chi connectivity index (χ3n) is 3.63. The molecule has 1 amide bonds. The Morgan fingerprint density at radius 2 is 1.79 bits per heavy atom. The number of unbranched alkanes of at least 4 members (excludes halogenated alkanes) is 5. The molecular weight excluding hydrogens is 246 g/mol. The van der Waals surface area contributed by atoms with E-state index in [2.05, 4.69) is 6.92 Å². The maximum Gasteiger partial charge on any atom is 0.326 e. The molecule has 2 atom stereocenters. The van der Waals surface area contributed by atoms with Gasteiger partial charge in [-0.25, -0.2) is 4.79 Å². The Morgan fingerprint density at radius 1 is 1.16 bits per heavy atom. The Bertz CT molecular complexity index is 306. The summed E-state index contributed by atoms with van der Waals surface area (Å²) in [7, 11) is 0. The second-order valence-electron chi connectivity index (χ2n) is 5.31. The molecule has 1 saturated heterocycles. The number of carbonyl (C=O) groups excluding carboxylic acids is 1. The zero-order valence-corrected chi connectivity index (χ0v) is 11.7. The van der Waals surface area contributed by atoms with Crippen LogP contribution in [0.15, 0.2) is 0 Å². The Hall–Kier alpha value is -1.10. The lowest BCUT2D eigenvalue weighted by atomic mass is 10.1. The number of hydrogen-bond acceptors (Lipinski definition) is 3. The molecule has 1 aliphatic heterocycles. The molecule has 2 N–H and O–H groups in total. The maximum atomic E-state index is 11.9. The molecule has 1 unspecified atom stereocenters. The number of β-amino-alcohol motifs (C(OH)–C–C–N with tert-alkyl or cyclic N) is 1. The molecule has 1 rings (SSSR count). The number of aliphatic hydroxyl groups is 1. The fourth-order valence-electron chi connectivity index (χ4n) is 2.52. The van der Waals surface area contributed by atoms with Crippen LogP contribution in [0.1, 0.15) is 58.3 Å². The lowest BCUT2D eigenvalue weighted by Crippen LogP contribution is -2.40. The monoisotopic (exact) mass is 271 g/mol. The van der Waals surface area contributed by atoms with E-state index < -0.39 is 18.1 Å². The fourth-order valence-corrected chi connectivity index (χ4v) is 2.52. The van der Waals surface area contributed by atoms with Crippen LogP contribution in [0.4, 0.5) is 0 Å². The van der Waals surface area contributed by atoms with E-state index in [0.717, 1.165) is 19.3 Å². The van der Waals surface area contributed by atoms with Crippen molar-refractivity contribution in [1.82, 2.24) is 4.90 Å². The molecule has 0 radical (unpaired) electrons. The fraction of sp³-hybridized carbons (Fsp3) is 0.857. The van der Waals surface area contributed by atoms with Crippen LogP contribution >= 0.6 is 0 Å². The van der Waals surface area contributed by atoms with Crippen molar-refractivity contribution in [2.75, 3.05) is 6.54 Å². The Labute approximate surface area is 114 Å². The highest BCUT2D eigenvalue weighted by Crippen LogP contribution is 2.20. The van der Waals surface area contributed by atoms with Crippen molar-refractivity contribution in [3.63, 3.8) is 0 Å². The number of aliphatic carboxylic acids is 1.